The number of aryl methyl sites for hydroxylation is 1. The largest absolute Gasteiger partial charge is 0.497 e. The zero-order valence-electron chi connectivity index (χ0n) is 17.3. The number of aromatic nitrogens is 1. The van der Waals surface area contributed by atoms with Crippen molar-refractivity contribution in [3.05, 3.63) is 75.6 Å². The van der Waals surface area contributed by atoms with Crippen molar-refractivity contribution in [1.29, 1.82) is 0 Å². The van der Waals surface area contributed by atoms with Crippen molar-refractivity contribution >= 4 is 16.8 Å². The molecule has 1 aliphatic heterocycles. The zero-order valence-corrected chi connectivity index (χ0v) is 17.3. The molecule has 1 aliphatic rings. The average molecular weight is 406 g/mol. The molecule has 1 atom stereocenters. The van der Waals surface area contributed by atoms with Crippen LogP contribution in [0.15, 0.2) is 53.3 Å². The second kappa shape index (κ2) is 8.71. The highest BCUT2D eigenvalue weighted by Crippen LogP contribution is 2.21. The summed E-state index contributed by atoms with van der Waals surface area (Å²) in [5.41, 5.74) is 2.64. The Hall–Kier alpha value is -3.12. The van der Waals surface area contributed by atoms with E-state index in [0.717, 1.165) is 29.3 Å². The van der Waals surface area contributed by atoms with Crippen LogP contribution in [0.1, 0.15) is 34.3 Å². The van der Waals surface area contributed by atoms with Gasteiger partial charge in [-0.15, -0.1) is 0 Å². The van der Waals surface area contributed by atoms with Gasteiger partial charge in [0.05, 0.1) is 19.8 Å². The molecule has 2 heterocycles. The van der Waals surface area contributed by atoms with Crippen molar-refractivity contribution in [2.45, 2.75) is 32.4 Å². The number of ether oxygens (including phenoxy) is 2. The number of rotatable bonds is 6. The number of amides is 1. The molecule has 1 amide bonds. The van der Waals surface area contributed by atoms with Crippen LogP contribution in [0.5, 0.6) is 5.75 Å². The summed E-state index contributed by atoms with van der Waals surface area (Å²) in [5.74, 6) is 0.626. The van der Waals surface area contributed by atoms with Crippen LogP contribution in [0, 0.1) is 6.92 Å². The lowest BCUT2D eigenvalue weighted by Gasteiger charge is -2.26. The topological polar surface area (TPSA) is 71.6 Å². The van der Waals surface area contributed by atoms with Gasteiger partial charge >= 0.3 is 0 Å². The minimum atomic E-state index is -0.192. The second-order valence-corrected chi connectivity index (χ2v) is 7.71. The van der Waals surface area contributed by atoms with E-state index in [1.807, 2.05) is 55.5 Å². The number of hydrogen-bond donors (Lipinski definition) is 1. The highest BCUT2D eigenvalue weighted by atomic mass is 16.5. The molecule has 0 radical (unpaired) electrons. The molecule has 3 aromatic rings. The Morgan fingerprint density at radius 3 is 2.80 bits per heavy atom. The molecule has 1 aromatic heterocycles. The molecular weight excluding hydrogens is 380 g/mol. The van der Waals surface area contributed by atoms with E-state index >= 15 is 0 Å². The molecule has 4 rings (SSSR count). The summed E-state index contributed by atoms with van der Waals surface area (Å²) in [4.78, 5) is 30.8. The molecular formula is C24H26N2O4. The Kier molecular flexibility index (Phi) is 5.86. The number of carbonyl (C=O) groups excluding carboxylic acids is 1. The highest BCUT2D eigenvalue weighted by Gasteiger charge is 2.25. The Labute approximate surface area is 175 Å². The van der Waals surface area contributed by atoms with Crippen molar-refractivity contribution in [3.8, 4) is 5.75 Å². The molecule has 1 fully saturated rings. The van der Waals surface area contributed by atoms with E-state index in [9.17, 15) is 9.59 Å². The maximum atomic E-state index is 13.4. The first-order valence-corrected chi connectivity index (χ1v) is 10.2. The van der Waals surface area contributed by atoms with E-state index in [1.54, 1.807) is 12.0 Å². The van der Waals surface area contributed by atoms with Crippen LogP contribution < -0.4 is 10.3 Å². The lowest BCUT2D eigenvalue weighted by atomic mass is 10.1. The monoisotopic (exact) mass is 406 g/mol. The van der Waals surface area contributed by atoms with Crippen LogP contribution >= 0.6 is 0 Å². The number of carbonyl (C=O) groups is 1. The lowest BCUT2D eigenvalue weighted by molar-refractivity contribution is 0.0506. The SMILES string of the molecule is COc1ccc2[nH]c(=O)c(CN(C[C@@H]3CCCO3)C(=O)c3ccccc3C)cc2c1. The van der Waals surface area contributed by atoms with E-state index in [1.165, 1.54) is 0 Å². The fraction of sp³-hybridized carbons (Fsp3) is 0.333. The Bertz CT molecular complexity index is 1120. The lowest BCUT2D eigenvalue weighted by Crippen LogP contribution is -2.38. The van der Waals surface area contributed by atoms with E-state index in [0.29, 0.717) is 30.0 Å². The second-order valence-electron chi connectivity index (χ2n) is 7.71. The van der Waals surface area contributed by atoms with Gasteiger partial charge in [-0.3, -0.25) is 9.59 Å². The minimum Gasteiger partial charge on any atom is -0.497 e. The van der Waals surface area contributed by atoms with Gasteiger partial charge in [-0.05, 0) is 55.7 Å². The predicted molar refractivity (Wildman–Crippen MR) is 116 cm³/mol. The van der Waals surface area contributed by atoms with Crippen molar-refractivity contribution in [2.24, 2.45) is 0 Å². The van der Waals surface area contributed by atoms with Gasteiger partial charge in [0.2, 0.25) is 0 Å². The Morgan fingerprint density at radius 1 is 1.23 bits per heavy atom. The van der Waals surface area contributed by atoms with Crippen LogP contribution in [0.2, 0.25) is 0 Å². The Balaban J connectivity index is 1.68. The summed E-state index contributed by atoms with van der Waals surface area (Å²) >= 11 is 0. The molecule has 0 bridgehead atoms. The van der Waals surface area contributed by atoms with E-state index in [-0.39, 0.29) is 24.1 Å². The first-order chi connectivity index (χ1) is 14.5. The van der Waals surface area contributed by atoms with Gasteiger partial charge in [0, 0.05) is 35.2 Å². The standard InChI is InChI=1S/C24H26N2O4/c1-16-6-3-4-8-21(16)24(28)26(15-20-7-5-11-30-20)14-18-12-17-13-19(29-2)9-10-22(17)25-23(18)27/h3-4,6,8-10,12-13,20H,5,7,11,14-15H2,1-2H3,(H,25,27)/t20-/m0/s1. The van der Waals surface area contributed by atoms with Crippen LogP contribution in [0.3, 0.4) is 0 Å². The molecule has 6 heteroatoms. The number of pyridine rings is 1. The van der Waals surface area contributed by atoms with Crippen LogP contribution in [-0.4, -0.2) is 42.2 Å². The van der Waals surface area contributed by atoms with Gasteiger partial charge in [-0.2, -0.15) is 0 Å². The fourth-order valence-corrected chi connectivity index (χ4v) is 3.92. The van der Waals surface area contributed by atoms with E-state index in [2.05, 4.69) is 4.98 Å². The normalized spacial score (nSPS) is 16.0. The number of benzene rings is 2. The predicted octanol–water partition coefficient (Wildman–Crippen LogP) is 3.67. The number of methoxy groups -OCH3 is 1. The number of nitrogens with zero attached hydrogens (tertiary/aromatic N) is 1. The third kappa shape index (κ3) is 4.24. The van der Waals surface area contributed by atoms with E-state index in [4.69, 9.17) is 9.47 Å². The van der Waals surface area contributed by atoms with Gasteiger partial charge in [-0.25, -0.2) is 0 Å². The summed E-state index contributed by atoms with van der Waals surface area (Å²) in [6.07, 6.45) is 1.91. The number of fused-ring (bicyclic) bond motifs is 1. The van der Waals surface area contributed by atoms with Crippen LogP contribution in [0.4, 0.5) is 0 Å². The molecule has 0 unspecified atom stereocenters. The molecule has 0 saturated carbocycles. The zero-order chi connectivity index (χ0) is 21.1. The van der Waals surface area contributed by atoms with Crippen molar-refractivity contribution in [2.75, 3.05) is 20.3 Å². The van der Waals surface area contributed by atoms with Gasteiger partial charge < -0.3 is 19.4 Å². The maximum Gasteiger partial charge on any atom is 0.254 e. The number of H-pyrrole nitrogens is 1. The molecule has 1 saturated heterocycles. The maximum absolute atomic E-state index is 13.4. The van der Waals surface area contributed by atoms with Gasteiger partial charge in [0.25, 0.3) is 11.5 Å². The molecule has 0 spiro atoms. The minimum absolute atomic E-state index is 0.00222. The first kappa shape index (κ1) is 20.2. The van der Waals surface area contributed by atoms with Crippen molar-refractivity contribution < 1.29 is 14.3 Å². The van der Waals surface area contributed by atoms with Gasteiger partial charge in [0.15, 0.2) is 0 Å². The summed E-state index contributed by atoms with van der Waals surface area (Å²) in [6.45, 7) is 3.32. The molecule has 30 heavy (non-hydrogen) atoms. The number of hydrogen-bond acceptors (Lipinski definition) is 4. The van der Waals surface area contributed by atoms with Gasteiger partial charge in [-0.1, -0.05) is 18.2 Å². The van der Waals surface area contributed by atoms with Crippen molar-refractivity contribution in [3.63, 3.8) is 0 Å². The fourth-order valence-electron chi connectivity index (χ4n) is 3.92. The summed E-state index contributed by atoms with van der Waals surface area (Å²) in [7, 11) is 1.61. The number of aromatic amines is 1. The van der Waals surface area contributed by atoms with Gasteiger partial charge in [0.1, 0.15) is 5.75 Å². The summed E-state index contributed by atoms with van der Waals surface area (Å²) in [5, 5.41) is 0.865. The number of nitrogens with one attached hydrogen (secondary N) is 1. The molecule has 2 aromatic carbocycles. The van der Waals surface area contributed by atoms with Crippen LogP contribution in [0.25, 0.3) is 10.9 Å². The first-order valence-electron chi connectivity index (χ1n) is 10.2. The molecule has 1 N–H and O–H groups in total. The van der Waals surface area contributed by atoms with Crippen LogP contribution in [-0.2, 0) is 11.3 Å². The summed E-state index contributed by atoms with van der Waals surface area (Å²) in [6, 6.07) is 14.9. The third-order valence-corrected chi connectivity index (χ3v) is 5.60. The smallest absolute Gasteiger partial charge is 0.254 e. The summed E-state index contributed by atoms with van der Waals surface area (Å²) < 4.78 is 11.1. The molecule has 0 aliphatic carbocycles. The molecule has 6 nitrogen and oxygen atoms in total. The Morgan fingerprint density at radius 2 is 2.07 bits per heavy atom. The third-order valence-electron chi connectivity index (χ3n) is 5.60. The quantitative estimate of drug-likeness (QED) is 0.678. The van der Waals surface area contributed by atoms with Crippen molar-refractivity contribution in [1.82, 2.24) is 9.88 Å². The van der Waals surface area contributed by atoms with E-state index < -0.39 is 0 Å². The highest BCUT2D eigenvalue weighted by molar-refractivity contribution is 5.95. The molecule has 156 valence electrons. The average Bonchev–Trinajstić information content (AvgIpc) is 3.26.